The first-order chi connectivity index (χ1) is 21.1. The summed E-state index contributed by atoms with van der Waals surface area (Å²) in [5.74, 6) is 0. The molecule has 2 nitrogen and oxygen atoms in total. The zero-order valence-electron chi connectivity index (χ0n) is 24.2. The van der Waals surface area contributed by atoms with Crippen molar-refractivity contribution in [3.8, 4) is 27.9 Å². The van der Waals surface area contributed by atoms with E-state index in [1.165, 1.54) is 72.0 Å². The Bertz CT molecular complexity index is 2290. The Labute approximate surface area is 253 Å². The molecule has 2 heterocycles. The van der Waals surface area contributed by atoms with Gasteiger partial charge >= 0.3 is 0 Å². The van der Waals surface area contributed by atoms with Crippen molar-refractivity contribution in [2.75, 3.05) is 5.32 Å². The van der Waals surface area contributed by atoms with Gasteiger partial charge in [-0.3, -0.25) is 0 Å². The maximum atomic E-state index is 3.78. The maximum absolute atomic E-state index is 3.78. The summed E-state index contributed by atoms with van der Waals surface area (Å²) in [6, 6.07) is 46.6. The number of rotatable bonds is 2. The van der Waals surface area contributed by atoms with E-state index in [9.17, 15) is 0 Å². The predicted molar refractivity (Wildman–Crippen MR) is 185 cm³/mol. The molecule has 0 bridgehead atoms. The molecule has 43 heavy (non-hydrogen) atoms. The van der Waals surface area contributed by atoms with Crippen LogP contribution in [0.5, 0.6) is 0 Å². The normalized spacial score (nSPS) is 14.1. The van der Waals surface area contributed by atoms with Crippen molar-refractivity contribution in [1.82, 2.24) is 4.57 Å². The summed E-state index contributed by atoms with van der Waals surface area (Å²) < 4.78 is 2.37. The van der Waals surface area contributed by atoms with E-state index in [4.69, 9.17) is 0 Å². The van der Waals surface area contributed by atoms with Crippen molar-refractivity contribution < 1.29 is 1.43 Å². The van der Waals surface area contributed by atoms with E-state index in [2.05, 4.69) is 163 Å². The summed E-state index contributed by atoms with van der Waals surface area (Å²) in [6.45, 7) is 4.68. The molecule has 2 aliphatic rings. The number of para-hydroxylation sites is 2. The minimum Gasteiger partial charge on any atom is -0.355 e. The molecule has 1 aromatic heterocycles. The Kier molecular flexibility index (Phi) is 4.99. The first kappa shape index (κ1) is 24.3. The van der Waals surface area contributed by atoms with Crippen LogP contribution < -0.4 is 5.32 Å². The highest BCUT2D eigenvalue weighted by molar-refractivity contribution is 6.10. The van der Waals surface area contributed by atoms with Gasteiger partial charge in [-0.15, -0.1) is 0 Å². The molecule has 1 N–H and O–H groups in total. The molecular formula is C41H32N2. The van der Waals surface area contributed by atoms with Gasteiger partial charge in [0.05, 0.1) is 11.0 Å². The summed E-state index contributed by atoms with van der Waals surface area (Å²) in [4.78, 5) is 0. The van der Waals surface area contributed by atoms with Gasteiger partial charge in [-0.25, -0.2) is 0 Å². The van der Waals surface area contributed by atoms with Crippen molar-refractivity contribution in [3.05, 3.63) is 150 Å². The Morgan fingerprint density at radius 1 is 0.535 bits per heavy atom. The topological polar surface area (TPSA) is 17.0 Å². The van der Waals surface area contributed by atoms with E-state index >= 15 is 0 Å². The van der Waals surface area contributed by atoms with Crippen molar-refractivity contribution >= 4 is 45.3 Å². The molecule has 0 radical (unpaired) electrons. The van der Waals surface area contributed by atoms with Crippen LogP contribution in [0.4, 0.5) is 11.4 Å². The summed E-state index contributed by atoms with van der Waals surface area (Å²) in [5, 5.41) is 6.32. The van der Waals surface area contributed by atoms with Crippen molar-refractivity contribution in [3.63, 3.8) is 0 Å². The highest BCUT2D eigenvalue weighted by Gasteiger charge is 2.36. The standard InChI is InChI=1S/C41H30N2.H2/c1-41(2)35-14-8-6-12-31(35)33-25-38-29(24-36(33)41)17-16-28-22-26(18-20-37(28)42-38)27-19-21-40-34(23-27)32-13-7-9-15-39(32)43(40)30-10-4-3-5-11-30;/h3-25,42H,1-2H3;1H. The second-order valence-corrected chi connectivity index (χ2v) is 12.3. The molecule has 0 saturated heterocycles. The summed E-state index contributed by atoms with van der Waals surface area (Å²) in [5.41, 5.74) is 16.3. The molecule has 6 aromatic carbocycles. The molecule has 0 fully saturated rings. The molecule has 1 aliphatic heterocycles. The van der Waals surface area contributed by atoms with Crippen LogP contribution in [0.15, 0.2) is 127 Å². The highest BCUT2D eigenvalue weighted by Crippen LogP contribution is 2.51. The van der Waals surface area contributed by atoms with Crippen LogP contribution >= 0.6 is 0 Å². The number of hydrogen-bond acceptors (Lipinski definition) is 1. The molecule has 7 aromatic rings. The van der Waals surface area contributed by atoms with Crippen LogP contribution in [0.25, 0.3) is 61.9 Å². The summed E-state index contributed by atoms with van der Waals surface area (Å²) in [6.07, 6.45) is 4.53. The Hall–Kier alpha value is -5.34. The van der Waals surface area contributed by atoms with E-state index in [1.807, 2.05) is 0 Å². The molecule has 0 saturated carbocycles. The van der Waals surface area contributed by atoms with Crippen molar-refractivity contribution in [2.45, 2.75) is 19.3 Å². The second-order valence-electron chi connectivity index (χ2n) is 12.3. The number of nitrogens with one attached hydrogen (secondary N) is 1. The number of hydrogen-bond donors (Lipinski definition) is 1. The van der Waals surface area contributed by atoms with Gasteiger partial charge in [-0.2, -0.15) is 0 Å². The van der Waals surface area contributed by atoms with Crippen LogP contribution in [0.1, 0.15) is 37.5 Å². The number of aromatic nitrogens is 1. The van der Waals surface area contributed by atoms with Crippen molar-refractivity contribution in [1.29, 1.82) is 0 Å². The molecular weight excluding hydrogens is 520 g/mol. The zero-order chi connectivity index (χ0) is 28.7. The van der Waals surface area contributed by atoms with E-state index < -0.39 is 0 Å². The van der Waals surface area contributed by atoms with Gasteiger partial charge in [0, 0.05) is 34.7 Å². The van der Waals surface area contributed by atoms with Gasteiger partial charge in [0.15, 0.2) is 0 Å². The van der Waals surface area contributed by atoms with E-state index in [1.54, 1.807) is 0 Å². The quantitative estimate of drug-likeness (QED) is 0.226. The monoisotopic (exact) mass is 552 g/mol. The number of anilines is 2. The van der Waals surface area contributed by atoms with Gasteiger partial charge in [0.25, 0.3) is 0 Å². The summed E-state index contributed by atoms with van der Waals surface area (Å²) >= 11 is 0. The summed E-state index contributed by atoms with van der Waals surface area (Å²) in [7, 11) is 0. The smallest absolute Gasteiger partial charge is 0.0541 e. The first-order valence-corrected chi connectivity index (χ1v) is 15.0. The number of benzene rings is 6. The van der Waals surface area contributed by atoms with Crippen LogP contribution in [0.2, 0.25) is 0 Å². The van der Waals surface area contributed by atoms with Gasteiger partial charge < -0.3 is 9.88 Å². The Morgan fingerprint density at radius 2 is 1.23 bits per heavy atom. The molecule has 0 spiro atoms. The fourth-order valence-corrected chi connectivity index (χ4v) is 7.34. The third-order valence-electron chi connectivity index (χ3n) is 9.54. The van der Waals surface area contributed by atoms with Gasteiger partial charge in [-0.1, -0.05) is 98.8 Å². The second kappa shape index (κ2) is 8.83. The lowest BCUT2D eigenvalue weighted by atomic mass is 9.82. The molecule has 1 aliphatic carbocycles. The van der Waals surface area contributed by atoms with Crippen LogP contribution in [0, 0.1) is 0 Å². The fraction of sp³-hybridized carbons (Fsp3) is 0.0732. The molecule has 0 unspecified atom stereocenters. The molecule has 0 amide bonds. The van der Waals surface area contributed by atoms with Gasteiger partial charge in [-0.05, 0) is 99.1 Å². The van der Waals surface area contributed by atoms with Gasteiger partial charge in [0.1, 0.15) is 0 Å². The third kappa shape index (κ3) is 3.53. The fourth-order valence-electron chi connectivity index (χ4n) is 7.34. The lowest BCUT2D eigenvalue weighted by molar-refractivity contribution is 0.660. The van der Waals surface area contributed by atoms with E-state index in [0.717, 1.165) is 11.4 Å². The molecule has 2 heteroatoms. The molecule has 0 atom stereocenters. The Morgan fingerprint density at radius 3 is 2.12 bits per heavy atom. The molecule has 206 valence electrons. The molecule has 9 rings (SSSR count). The lowest BCUT2D eigenvalue weighted by Crippen LogP contribution is -2.15. The van der Waals surface area contributed by atoms with Crippen LogP contribution in [-0.4, -0.2) is 4.57 Å². The SMILES string of the molecule is CC1(C)c2ccccc2-c2cc3c(cc21)C=Cc1cc(-c2ccc4c(c2)c2ccccc2n4-c2ccccc2)ccc1N3.[HH]. The zero-order valence-corrected chi connectivity index (χ0v) is 24.2. The average molecular weight is 553 g/mol. The maximum Gasteiger partial charge on any atom is 0.0541 e. The lowest BCUT2D eigenvalue weighted by Gasteiger charge is -2.22. The third-order valence-corrected chi connectivity index (χ3v) is 9.54. The minimum absolute atomic E-state index is 0. The predicted octanol–water partition coefficient (Wildman–Crippen LogP) is 11.2. The minimum atomic E-state index is -0.0105. The highest BCUT2D eigenvalue weighted by atomic mass is 15.0. The Balaban J connectivity index is 0.00000289. The average Bonchev–Trinajstić information content (AvgIpc) is 3.40. The van der Waals surface area contributed by atoms with Crippen molar-refractivity contribution in [2.24, 2.45) is 0 Å². The number of nitrogens with zero attached hydrogens (tertiary/aromatic N) is 1. The van der Waals surface area contributed by atoms with E-state index in [0.29, 0.717) is 0 Å². The van der Waals surface area contributed by atoms with E-state index in [-0.39, 0.29) is 6.84 Å². The first-order valence-electron chi connectivity index (χ1n) is 15.0. The largest absolute Gasteiger partial charge is 0.355 e. The van der Waals surface area contributed by atoms with Gasteiger partial charge in [0.2, 0.25) is 0 Å². The van der Waals surface area contributed by atoms with Crippen LogP contribution in [-0.2, 0) is 5.41 Å². The van der Waals surface area contributed by atoms with Crippen LogP contribution in [0.3, 0.4) is 0 Å². The number of fused-ring (bicyclic) bond motifs is 8.